The maximum absolute atomic E-state index is 14.9. The van der Waals surface area contributed by atoms with Gasteiger partial charge in [-0.25, -0.2) is 9.18 Å². The quantitative estimate of drug-likeness (QED) is 0.384. The summed E-state index contributed by atoms with van der Waals surface area (Å²) in [5.74, 6) is -0.330. The van der Waals surface area contributed by atoms with Gasteiger partial charge in [0.15, 0.2) is 5.82 Å². The highest BCUT2D eigenvalue weighted by molar-refractivity contribution is 14.1. The van der Waals surface area contributed by atoms with Crippen molar-refractivity contribution in [1.29, 1.82) is 0 Å². The molecule has 164 valence electrons. The lowest BCUT2D eigenvalue weighted by molar-refractivity contribution is -0.115. The minimum absolute atomic E-state index is 0.0210. The molecular weight excluding hydrogens is 582 g/mol. The molecule has 10 heteroatoms. The van der Waals surface area contributed by atoms with Crippen LogP contribution in [0.4, 0.5) is 20.6 Å². The number of aromatic nitrogens is 1. The number of carbonyl (C=O) groups excluding carboxylic acids is 2. The van der Waals surface area contributed by atoms with Gasteiger partial charge in [0.25, 0.3) is 0 Å². The number of carbonyl (C=O) groups is 2. The molecule has 0 radical (unpaired) electrons. The van der Waals surface area contributed by atoms with E-state index in [-0.39, 0.29) is 42.1 Å². The molecule has 3 atom stereocenters. The third kappa shape index (κ3) is 3.37. The summed E-state index contributed by atoms with van der Waals surface area (Å²) in [7, 11) is 0. The van der Waals surface area contributed by atoms with Gasteiger partial charge in [-0.3, -0.25) is 9.78 Å². The number of halogens is 3. The molecule has 2 amide bonds. The monoisotopic (exact) mass is 602 g/mol. The topological polar surface area (TPSA) is 74.8 Å². The minimum atomic E-state index is -0.569. The molecular formula is C21H21BrFIN4O3. The van der Waals surface area contributed by atoms with E-state index >= 15 is 0 Å². The Bertz CT molecular complexity index is 1140. The Balaban J connectivity index is 1.56. The van der Waals surface area contributed by atoms with Gasteiger partial charge in [-0.15, -0.1) is 0 Å². The van der Waals surface area contributed by atoms with E-state index in [1.165, 1.54) is 6.20 Å². The molecule has 31 heavy (non-hydrogen) atoms. The fraction of sp³-hybridized carbons (Fsp3) is 0.476. The molecule has 1 aliphatic carbocycles. The zero-order chi connectivity index (χ0) is 22.2. The number of benzene rings is 1. The van der Waals surface area contributed by atoms with Crippen molar-refractivity contribution >= 4 is 72.8 Å². The molecule has 3 unspecified atom stereocenters. The average Bonchev–Trinajstić information content (AvgIpc) is 3.25. The van der Waals surface area contributed by atoms with Crippen molar-refractivity contribution < 1.29 is 18.7 Å². The lowest BCUT2D eigenvalue weighted by atomic mass is 9.78. The first-order valence-electron chi connectivity index (χ1n) is 10.1. The van der Waals surface area contributed by atoms with Crippen molar-refractivity contribution in [3.63, 3.8) is 0 Å². The fourth-order valence-corrected chi connectivity index (χ4v) is 5.74. The van der Waals surface area contributed by atoms with Gasteiger partial charge < -0.3 is 19.9 Å². The number of amides is 2. The summed E-state index contributed by atoms with van der Waals surface area (Å²) in [6, 6.07) is 1.82. The van der Waals surface area contributed by atoms with Gasteiger partial charge in [-0.05, 0) is 71.8 Å². The van der Waals surface area contributed by atoms with Gasteiger partial charge >= 0.3 is 6.09 Å². The second-order valence-corrected chi connectivity index (χ2v) is 11.2. The smallest absolute Gasteiger partial charge is 0.410 e. The van der Waals surface area contributed by atoms with Crippen LogP contribution < -0.4 is 10.2 Å². The fourth-order valence-electron chi connectivity index (χ4n) is 4.89. The summed E-state index contributed by atoms with van der Waals surface area (Å²) in [4.78, 5) is 33.3. The standard InChI is InChI=1S/C21H21BrFIN4O3/c1-21(2,3)31-20(30)27-7-9-4-13(27)18(9)28-8-14(29)26-12-6-25-17-10(19(12)28)5-11(24)15(22)16(17)23/h5-6,9,13,18H,4,7-8H2,1-3H3,(H,26,29). The van der Waals surface area contributed by atoms with Crippen molar-refractivity contribution in [2.45, 2.75) is 44.9 Å². The normalized spacial score (nSPS) is 24.7. The van der Waals surface area contributed by atoms with Crippen LogP contribution in [0.1, 0.15) is 27.2 Å². The molecule has 2 aromatic rings. The van der Waals surface area contributed by atoms with Gasteiger partial charge in [0.2, 0.25) is 5.91 Å². The van der Waals surface area contributed by atoms with E-state index in [4.69, 9.17) is 4.74 Å². The first-order chi connectivity index (χ1) is 14.5. The van der Waals surface area contributed by atoms with E-state index in [2.05, 4.69) is 48.8 Å². The molecule has 1 aromatic carbocycles. The van der Waals surface area contributed by atoms with E-state index in [9.17, 15) is 14.0 Å². The summed E-state index contributed by atoms with van der Waals surface area (Å²) in [6.07, 6.45) is 2.06. The number of pyridine rings is 1. The third-order valence-corrected chi connectivity index (χ3v) is 8.45. The summed E-state index contributed by atoms with van der Waals surface area (Å²) in [5, 5.41) is 3.52. The first-order valence-corrected chi connectivity index (χ1v) is 11.9. The number of fused-ring (bicyclic) bond motifs is 4. The van der Waals surface area contributed by atoms with E-state index in [0.29, 0.717) is 22.1 Å². The number of rotatable bonds is 1. The maximum Gasteiger partial charge on any atom is 0.410 e. The van der Waals surface area contributed by atoms with Gasteiger partial charge in [0.1, 0.15) is 11.1 Å². The number of nitrogens with one attached hydrogen (secondary N) is 1. The van der Waals surface area contributed by atoms with E-state index < -0.39 is 11.4 Å². The molecule has 1 saturated carbocycles. The van der Waals surface area contributed by atoms with Crippen molar-refractivity contribution in [3.8, 4) is 0 Å². The van der Waals surface area contributed by atoms with Gasteiger partial charge in [-0.2, -0.15) is 0 Å². The number of ether oxygens (including phenoxy) is 1. The van der Waals surface area contributed by atoms with Crippen LogP contribution in [-0.4, -0.2) is 52.7 Å². The number of nitrogens with zero attached hydrogens (tertiary/aromatic N) is 3. The highest BCUT2D eigenvalue weighted by Gasteiger charge is 2.58. The van der Waals surface area contributed by atoms with Crippen LogP contribution in [0.2, 0.25) is 0 Å². The molecule has 4 heterocycles. The summed E-state index contributed by atoms with van der Waals surface area (Å²) in [6.45, 7) is 6.29. The zero-order valence-electron chi connectivity index (χ0n) is 17.2. The summed E-state index contributed by atoms with van der Waals surface area (Å²) < 4.78 is 21.6. The van der Waals surface area contributed by atoms with Crippen LogP contribution in [0.3, 0.4) is 0 Å². The maximum atomic E-state index is 14.9. The van der Waals surface area contributed by atoms with E-state index in [1.807, 2.05) is 31.7 Å². The minimum Gasteiger partial charge on any atom is -0.444 e. The van der Waals surface area contributed by atoms with E-state index in [1.54, 1.807) is 4.90 Å². The van der Waals surface area contributed by atoms with Crippen molar-refractivity contribution in [1.82, 2.24) is 9.88 Å². The SMILES string of the molecule is CC(C)(C)OC(=O)N1CC2CC1C2N1CC(=O)Nc2cnc3c(F)c(Br)c(I)cc3c21. The lowest BCUT2D eigenvalue weighted by Crippen LogP contribution is -2.58. The van der Waals surface area contributed by atoms with Crippen molar-refractivity contribution in [3.05, 3.63) is 26.1 Å². The highest BCUT2D eigenvalue weighted by Crippen LogP contribution is 2.49. The molecule has 0 spiro atoms. The number of hydrogen-bond donors (Lipinski definition) is 1. The van der Waals surface area contributed by atoms with E-state index in [0.717, 1.165) is 15.7 Å². The van der Waals surface area contributed by atoms with Gasteiger partial charge in [0.05, 0.1) is 40.7 Å². The van der Waals surface area contributed by atoms with Gasteiger partial charge in [0, 0.05) is 21.4 Å². The second-order valence-electron chi connectivity index (χ2n) is 9.27. The van der Waals surface area contributed by atoms with Crippen LogP contribution in [-0.2, 0) is 9.53 Å². The van der Waals surface area contributed by atoms with Gasteiger partial charge in [-0.1, -0.05) is 0 Å². The molecule has 6 rings (SSSR count). The Morgan fingerprint density at radius 1 is 1.42 bits per heavy atom. The first kappa shape index (κ1) is 21.2. The van der Waals surface area contributed by atoms with Crippen LogP contribution in [0.15, 0.2) is 16.7 Å². The Labute approximate surface area is 200 Å². The van der Waals surface area contributed by atoms with Crippen LogP contribution >= 0.6 is 38.5 Å². The number of hydrogen-bond acceptors (Lipinski definition) is 5. The predicted molar refractivity (Wildman–Crippen MR) is 127 cm³/mol. The Kier molecular flexibility index (Phi) is 4.89. The molecule has 3 aliphatic heterocycles. The molecule has 2 bridgehead atoms. The van der Waals surface area contributed by atoms with Crippen LogP contribution in [0, 0.1) is 15.3 Å². The van der Waals surface area contributed by atoms with Crippen LogP contribution in [0.5, 0.6) is 0 Å². The average molecular weight is 603 g/mol. The summed E-state index contributed by atoms with van der Waals surface area (Å²) >= 11 is 5.37. The number of anilines is 2. The van der Waals surface area contributed by atoms with Crippen molar-refractivity contribution in [2.24, 2.45) is 5.92 Å². The molecule has 3 fully saturated rings. The zero-order valence-corrected chi connectivity index (χ0v) is 21.0. The van der Waals surface area contributed by atoms with Crippen LogP contribution in [0.25, 0.3) is 10.9 Å². The Morgan fingerprint density at radius 2 is 2.16 bits per heavy atom. The van der Waals surface area contributed by atoms with Crippen molar-refractivity contribution in [2.75, 3.05) is 23.3 Å². The Morgan fingerprint density at radius 3 is 2.87 bits per heavy atom. The molecule has 1 aromatic heterocycles. The molecule has 1 N–H and O–H groups in total. The second kappa shape index (κ2) is 7.16. The predicted octanol–water partition coefficient (Wildman–Crippen LogP) is 4.51. The summed E-state index contributed by atoms with van der Waals surface area (Å²) in [5.41, 5.74) is 1.01. The highest BCUT2D eigenvalue weighted by atomic mass is 127. The molecule has 7 nitrogen and oxygen atoms in total. The Hall–Kier alpha value is -1.69. The largest absolute Gasteiger partial charge is 0.444 e. The third-order valence-electron chi connectivity index (χ3n) is 6.09. The molecule has 2 saturated heterocycles. The molecule has 4 aliphatic rings. The lowest BCUT2D eigenvalue weighted by Gasteiger charge is -2.47.